The third-order valence-electron chi connectivity index (χ3n) is 9.63. The summed E-state index contributed by atoms with van der Waals surface area (Å²) >= 11 is 0. The van der Waals surface area contributed by atoms with E-state index in [9.17, 15) is 5.11 Å². The minimum absolute atomic E-state index is 0.297. The summed E-state index contributed by atoms with van der Waals surface area (Å²) in [5.74, 6) is 5.64. The molecule has 0 heterocycles. The molecule has 2 heteroatoms. The maximum absolute atomic E-state index is 10.8. The summed E-state index contributed by atoms with van der Waals surface area (Å²) in [6, 6.07) is 8.69. The van der Waals surface area contributed by atoms with Crippen LogP contribution in [0.15, 0.2) is 24.3 Å². The summed E-state index contributed by atoms with van der Waals surface area (Å²) in [6.45, 7) is 4.64. The van der Waals surface area contributed by atoms with Gasteiger partial charge in [0.15, 0.2) is 6.29 Å². The Balaban J connectivity index is 1.18. The van der Waals surface area contributed by atoms with Gasteiger partial charge in [0.25, 0.3) is 0 Å². The van der Waals surface area contributed by atoms with Gasteiger partial charge in [-0.15, -0.1) is 0 Å². The number of rotatable bonds is 9. The Morgan fingerprint density at radius 3 is 1.70 bits per heavy atom. The molecular weight excluding hydrogens is 404 g/mol. The lowest BCUT2D eigenvalue weighted by molar-refractivity contribution is -0.0786. The maximum atomic E-state index is 10.8. The van der Waals surface area contributed by atoms with Crippen molar-refractivity contribution in [3.05, 3.63) is 29.8 Å². The van der Waals surface area contributed by atoms with Crippen LogP contribution in [-0.2, 0) is 0 Å². The highest BCUT2D eigenvalue weighted by atomic mass is 16.6. The highest BCUT2D eigenvalue weighted by molar-refractivity contribution is 5.29. The summed E-state index contributed by atoms with van der Waals surface area (Å²) < 4.78 is 6.02. The van der Waals surface area contributed by atoms with Crippen molar-refractivity contribution in [2.45, 2.75) is 129 Å². The second-order valence-electron chi connectivity index (χ2n) is 11.8. The molecule has 3 saturated carbocycles. The van der Waals surface area contributed by atoms with Crippen molar-refractivity contribution in [3.8, 4) is 5.75 Å². The van der Waals surface area contributed by atoms with Gasteiger partial charge in [0, 0.05) is 5.92 Å². The zero-order chi connectivity index (χ0) is 23.0. The summed E-state index contributed by atoms with van der Waals surface area (Å²) in [7, 11) is 0. The van der Waals surface area contributed by atoms with Gasteiger partial charge in [-0.2, -0.15) is 0 Å². The molecule has 1 aromatic carbocycles. The monoisotopic (exact) mass is 454 g/mol. The number of hydrogen-bond donors (Lipinski definition) is 1. The van der Waals surface area contributed by atoms with Gasteiger partial charge in [-0.1, -0.05) is 64.5 Å². The molecule has 33 heavy (non-hydrogen) atoms. The molecule has 0 saturated heterocycles. The Hall–Kier alpha value is -1.02. The average molecular weight is 455 g/mol. The maximum Gasteiger partial charge on any atom is 0.200 e. The molecule has 0 radical (unpaired) electrons. The molecule has 1 atom stereocenters. The van der Waals surface area contributed by atoms with Gasteiger partial charge < -0.3 is 9.84 Å². The van der Waals surface area contributed by atoms with Gasteiger partial charge in [0.05, 0.1) is 0 Å². The van der Waals surface area contributed by atoms with Crippen LogP contribution in [0, 0.1) is 29.6 Å². The fourth-order valence-corrected chi connectivity index (χ4v) is 7.51. The smallest absolute Gasteiger partial charge is 0.200 e. The third-order valence-corrected chi connectivity index (χ3v) is 9.63. The lowest BCUT2D eigenvalue weighted by Crippen LogP contribution is -2.33. The number of hydrogen-bond acceptors (Lipinski definition) is 2. The van der Waals surface area contributed by atoms with E-state index in [-0.39, 0.29) is 0 Å². The van der Waals surface area contributed by atoms with E-state index >= 15 is 0 Å². The van der Waals surface area contributed by atoms with Crippen molar-refractivity contribution in [3.63, 3.8) is 0 Å². The Morgan fingerprint density at radius 1 is 0.697 bits per heavy atom. The molecule has 3 aliphatic carbocycles. The topological polar surface area (TPSA) is 29.5 Å². The molecule has 3 fully saturated rings. The first-order valence-electron chi connectivity index (χ1n) is 14.6. The summed E-state index contributed by atoms with van der Waals surface area (Å²) in [6.07, 6.45) is 20.9. The minimum atomic E-state index is -0.651. The van der Waals surface area contributed by atoms with E-state index in [0.29, 0.717) is 11.8 Å². The Kier molecular flexibility index (Phi) is 9.59. The van der Waals surface area contributed by atoms with E-state index in [1.165, 1.54) is 95.5 Å². The van der Waals surface area contributed by atoms with Gasteiger partial charge in [-0.3, -0.25) is 0 Å². The van der Waals surface area contributed by atoms with Crippen LogP contribution < -0.4 is 4.74 Å². The van der Waals surface area contributed by atoms with Crippen LogP contribution in [-0.4, -0.2) is 11.4 Å². The first-order valence-corrected chi connectivity index (χ1v) is 14.6. The predicted molar refractivity (Wildman–Crippen MR) is 138 cm³/mol. The third kappa shape index (κ3) is 7.00. The molecule has 1 unspecified atom stereocenters. The molecule has 0 aromatic heterocycles. The van der Waals surface area contributed by atoms with Gasteiger partial charge >= 0.3 is 0 Å². The SMILES string of the molecule is CCCC1CCC(c2ccc(OC(O)C3CCC(C4CCC(CCC)CC4)CC3)cc2)CC1. The molecule has 1 aromatic rings. The molecule has 186 valence electrons. The van der Waals surface area contributed by atoms with Crippen LogP contribution in [0.25, 0.3) is 0 Å². The van der Waals surface area contributed by atoms with Crippen molar-refractivity contribution in [2.75, 3.05) is 0 Å². The van der Waals surface area contributed by atoms with E-state index in [1.807, 2.05) is 0 Å². The molecule has 2 nitrogen and oxygen atoms in total. The molecule has 0 bridgehead atoms. The largest absolute Gasteiger partial charge is 0.465 e. The molecular formula is C31H50O2. The number of ether oxygens (including phenoxy) is 1. The van der Waals surface area contributed by atoms with Gasteiger partial charge in [-0.25, -0.2) is 0 Å². The van der Waals surface area contributed by atoms with Crippen LogP contribution in [0.5, 0.6) is 5.75 Å². The molecule has 1 N–H and O–H groups in total. The van der Waals surface area contributed by atoms with Crippen molar-refractivity contribution in [1.29, 1.82) is 0 Å². The van der Waals surface area contributed by atoms with Crippen LogP contribution in [0.3, 0.4) is 0 Å². The Labute approximate surface area is 203 Å². The minimum Gasteiger partial charge on any atom is -0.465 e. The van der Waals surface area contributed by atoms with Gasteiger partial charge in [0.2, 0.25) is 0 Å². The van der Waals surface area contributed by atoms with Gasteiger partial charge in [-0.05, 0) is 111 Å². The van der Waals surface area contributed by atoms with E-state index in [1.54, 1.807) is 0 Å². The molecule has 3 aliphatic rings. The molecule has 0 amide bonds. The fraction of sp³-hybridized carbons (Fsp3) is 0.806. The molecule has 4 rings (SSSR count). The number of aliphatic hydroxyl groups excluding tert-OH is 1. The predicted octanol–water partition coefficient (Wildman–Crippen LogP) is 8.87. The second kappa shape index (κ2) is 12.6. The van der Waals surface area contributed by atoms with E-state index in [2.05, 4.69) is 38.1 Å². The lowest BCUT2D eigenvalue weighted by Gasteiger charge is -2.38. The van der Waals surface area contributed by atoms with Crippen LogP contribution in [0.2, 0.25) is 0 Å². The average Bonchev–Trinajstić information content (AvgIpc) is 2.86. The van der Waals surface area contributed by atoms with E-state index in [4.69, 9.17) is 4.74 Å². The highest BCUT2D eigenvalue weighted by Gasteiger charge is 2.33. The Bertz CT molecular complexity index is 659. The standard InChI is InChI=1S/C31H50O2/c1-3-5-23-7-11-25(12-8-23)27-15-17-29(18-16-27)31(32)33-30-21-19-28(20-22-30)26-13-9-24(6-4-2)10-14-26/h19-27,29,31-32H,3-18H2,1-2H3. The fourth-order valence-electron chi connectivity index (χ4n) is 7.51. The summed E-state index contributed by atoms with van der Waals surface area (Å²) in [5, 5.41) is 10.8. The second-order valence-corrected chi connectivity index (χ2v) is 11.8. The zero-order valence-electron chi connectivity index (χ0n) is 21.5. The van der Waals surface area contributed by atoms with Crippen molar-refractivity contribution >= 4 is 0 Å². The first kappa shape index (κ1) is 25.1. The summed E-state index contributed by atoms with van der Waals surface area (Å²) in [4.78, 5) is 0. The van der Waals surface area contributed by atoms with Crippen LogP contribution >= 0.6 is 0 Å². The molecule has 0 spiro atoms. The lowest BCUT2D eigenvalue weighted by atomic mass is 9.68. The normalized spacial score (nSPS) is 34.0. The van der Waals surface area contributed by atoms with Crippen LogP contribution in [0.4, 0.5) is 0 Å². The first-order chi connectivity index (χ1) is 16.2. The van der Waals surface area contributed by atoms with Crippen LogP contribution in [0.1, 0.15) is 128 Å². The highest BCUT2D eigenvalue weighted by Crippen LogP contribution is 2.43. The zero-order valence-corrected chi connectivity index (χ0v) is 21.5. The van der Waals surface area contributed by atoms with Crippen molar-refractivity contribution in [2.24, 2.45) is 29.6 Å². The quantitative estimate of drug-likeness (QED) is 0.377. The van der Waals surface area contributed by atoms with E-state index in [0.717, 1.165) is 42.3 Å². The number of benzene rings is 1. The number of aliphatic hydroxyl groups is 1. The molecule has 0 aliphatic heterocycles. The van der Waals surface area contributed by atoms with Crippen molar-refractivity contribution in [1.82, 2.24) is 0 Å². The Morgan fingerprint density at radius 2 is 1.18 bits per heavy atom. The van der Waals surface area contributed by atoms with Gasteiger partial charge in [0.1, 0.15) is 5.75 Å². The van der Waals surface area contributed by atoms with E-state index < -0.39 is 6.29 Å². The van der Waals surface area contributed by atoms with Crippen molar-refractivity contribution < 1.29 is 9.84 Å². The summed E-state index contributed by atoms with van der Waals surface area (Å²) in [5.41, 5.74) is 1.46.